The molecule has 0 aliphatic carbocycles. The average Bonchev–Trinajstić information content (AvgIpc) is 2.12. The van der Waals surface area contributed by atoms with E-state index >= 15 is 0 Å². The van der Waals surface area contributed by atoms with Crippen LogP contribution >= 0.6 is 0 Å². The molecule has 0 aromatic carbocycles. The van der Waals surface area contributed by atoms with Crippen LogP contribution in [0.25, 0.3) is 0 Å². The van der Waals surface area contributed by atoms with Crippen LogP contribution in [0.4, 0.5) is 0 Å². The van der Waals surface area contributed by atoms with E-state index in [2.05, 4.69) is 4.74 Å². The van der Waals surface area contributed by atoms with E-state index in [9.17, 15) is 9.59 Å². The highest BCUT2D eigenvalue weighted by molar-refractivity contribution is 5.91. The van der Waals surface area contributed by atoms with Crippen molar-refractivity contribution in [1.29, 1.82) is 0 Å². The molecule has 0 bridgehead atoms. The smallest absolute Gasteiger partial charge is 0.331 e. The molecule has 5 heteroatoms. The second kappa shape index (κ2) is 7.00. The van der Waals surface area contributed by atoms with Crippen LogP contribution in [0.5, 0.6) is 0 Å². The van der Waals surface area contributed by atoms with Gasteiger partial charge in [0, 0.05) is 25.2 Å². The van der Waals surface area contributed by atoms with Crippen LogP contribution in [0.2, 0.25) is 0 Å². The van der Waals surface area contributed by atoms with Gasteiger partial charge >= 0.3 is 11.9 Å². The molecule has 16 heavy (non-hydrogen) atoms. The Morgan fingerprint density at radius 3 is 2.25 bits per heavy atom. The van der Waals surface area contributed by atoms with E-state index in [-0.39, 0.29) is 13.2 Å². The van der Waals surface area contributed by atoms with Gasteiger partial charge < -0.3 is 14.6 Å². The van der Waals surface area contributed by atoms with Gasteiger partial charge in [-0.25, -0.2) is 9.59 Å². The average molecular weight is 230 g/mol. The lowest BCUT2D eigenvalue weighted by Gasteiger charge is -2.17. The van der Waals surface area contributed by atoms with Crippen LogP contribution in [-0.2, 0) is 19.1 Å². The van der Waals surface area contributed by atoms with Crippen LogP contribution < -0.4 is 0 Å². The molecule has 0 radical (unpaired) electrons. The van der Waals surface area contributed by atoms with Gasteiger partial charge in [0.2, 0.25) is 0 Å². The quantitative estimate of drug-likeness (QED) is 0.430. The van der Waals surface area contributed by atoms with Crippen molar-refractivity contribution in [2.24, 2.45) is 0 Å². The van der Waals surface area contributed by atoms with E-state index in [0.717, 1.165) is 12.2 Å². The number of carbonyl (C=O) groups is 2. The number of carbonyl (C=O) groups excluding carboxylic acids is 2. The summed E-state index contributed by atoms with van der Waals surface area (Å²) in [7, 11) is 0. The Bertz CT molecular complexity index is 262. The topological polar surface area (TPSA) is 72.8 Å². The molecule has 0 unspecified atom stereocenters. The first-order valence-electron chi connectivity index (χ1n) is 5.04. The van der Waals surface area contributed by atoms with E-state index in [4.69, 9.17) is 9.84 Å². The fourth-order valence-corrected chi connectivity index (χ4v) is 0.757. The Kier molecular flexibility index (Phi) is 6.41. The molecule has 0 aromatic rings. The van der Waals surface area contributed by atoms with Gasteiger partial charge in [-0.1, -0.05) is 0 Å². The Morgan fingerprint density at radius 1 is 1.19 bits per heavy atom. The largest absolute Gasteiger partial charge is 0.462 e. The van der Waals surface area contributed by atoms with E-state index in [1.165, 1.54) is 0 Å². The number of esters is 2. The third-order valence-electron chi connectivity index (χ3n) is 1.31. The SMILES string of the molecule is CC(C)(C)OC(=O)/C=C/C(=O)OCCCO. The maximum Gasteiger partial charge on any atom is 0.331 e. The molecule has 92 valence electrons. The zero-order valence-electron chi connectivity index (χ0n) is 9.86. The highest BCUT2D eigenvalue weighted by atomic mass is 16.6. The molecular formula is C11H18O5. The number of rotatable bonds is 5. The molecule has 0 aliphatic rings. The van der Waals surface area contributed by atoms with Gasteiger partial charge in [-0.3, -0.25) is 0 Å². The van der Waals surface area contributed by atoms with Gasteiger partial charge in [-0.15, -0.1) is 0 Å². The van der Waals surface area contributed by atoms with E-state index in [1.54, 1.807) is 20.8 Å². The monoisotopic (exact) mass is 230 g/mol. The van der Waals surface area contributed by atoms with Crippen molar-refractivity contribution in [3.8, 4) is 0 Å². The lowest BCUT2D eigenvalue weighted by atomic mass is 10.2. The molecule has 0 atom stereocenters. The summed E-state index contributed by atoms with van der Waals surface area (Å²) >= 11 is 0. The summed E-state index contributed by atoms with van der Waals surface area (Å²) in [5.74, 6) is -1.22. The van der Waals surface area contributed by atoms with Crippen LogP contribution in [0, 0.1) is 0 Å². The molecule has 0 spiro atoms. The summed E-state index contributed by atoms with van der Waals surface area (Å²) in [6, 6.07) is 0. The van der Waals surface area contributed by atoms with Crippen LogP contribution in [-0.4, -0.2) is 35.9 Å². The normalized spacial score (nSPS) is 11.5. The highest BCUT2D eigenvalue weighted by Gasteiger charge is 2.14. The summed E-state index contributed by atoms with van der Waals surface area (Å²) < 4.78 is 9.61. The van der Waals surface area contributed by atoms with Gasteiger partial charge in [-0.05, 0) is 20.8 Å². The molecule has 0 aliphatic heterocycles. The van der Waals surface area contributed by atoms with Crippen molar-refractivity contribution in [2.45, 2.75) is 32.8 Å². The second-order valence-electron chi connectivity index (χ2n) is 4.11. The Morgan fingerprint density at radius 2 is 1.75 bits per heavy atom. The number of aliphatic hydroxyl groups is 1. The third-order valence-corrected chi connectivity index (χ3v) is 1.31. The first-order valence-corrected chi connectivity index (χ1v) is 5.04. The van der Waals surface area contributed by atoms with Crippen molar-refractivity contribution >= 4 is 11.9 Å². The number of aliphatic hydroxyl groups excluding tert-OH is 1. The van der Waals surface area contributed by atoms with Crippen LogP contribution in [0.15, 0.2) is 12.2 Å². The molecular weight excluding hydrogens is 212 g/mol. The van der Waals surface area contributed by atoms with Gasteiger partial charge in [0.15, 0.2) is 0 Å². The second-order valence-corrected chi connectivity index (χ2v) is 4.11. The predicted molar refractivity (Wildman–Crippen MR) is 57.6 cm³/mol. The van der Waals surface area contributed by atoms with Crippen LogP contribution in [0.1, 0.15) is 27.2 Å². The first kappa shape index (κ1) is 14.6. The fraction of sp³-hybridized carbons (Fsp3) is 0.636. The molecule has 0 saturated heterocycles. The zero-order valence-corrected chi connectivity index (χ0v) is 9.86. The van der Waals surface area contributed by atoms with Gasteiger partial charge in [0.1, 0.15) is 5.60 Å². The molecule has 1 N–H and O–H groups in total. The van der Waals surface area contributed by atoms with Crippen molar-refractivity contribution in [3.05, 3.63) is 12.2 Å². The molecule has 0 amide bonds. The lowest BCUT2D eigenvalue weighted by molar-refractivity contribution is -0.149. The zero-order chi connectivity index (χ0) is 12.6. The van der Waals surface area contributed by atoms with Crippen molar-refractivity contribution in [3.63, 3.8) is 0 Å². The highest BCUT2D eigenvalue weighted by Crippen LogP contribution is 2.06. The Hall–Kier alpha value is -1.36. The summed E-state index contributed by atoms with van der Waals surface area (Å²) in [5.41, 5.74) is -0.581. The van der Waals surface area contributed by atoms with Crippen molar-refractivity contribution < 1.29 is 24.2 Å². The summed E-state index contributed by atoms with van der Waals surface area (Å²) in [6.45, 7) is 5.30. The summed E-state index contributed by atoms with van der Waals surface area (Å²) in [4.78, 5) is 22.1. The van der Waals surface area contributed by atoms with E-state index in [1.807, 2.05) is 0 Å². The molecule has 0 rings (SSSR count). The van der Waals surface area contributed by atoms with E-state index in [0.29, 0.717) is 6.42 Å². The lowest BCUT2D eigenvalue weighted by Crippen LogP contribution is -2.22. The number of hydrogen-bond donors (Lipinski definition) is 1. The summed E-state index contributed by atoms with van der Waals surface area (Å²) in [6.07, 6.45) is 2.41. The van der Waals surface area contributed by atoms with E-state index < -0.39 is 17.5 Å². The third kappa shape index (κ3) is 9.21. The Balaban J connectivity index is 3.89. The van der Waals surface area contributed by atoms with Gasteiger partial charge in [0.05, 0.1) is 6.61 Å². The molecule has 0 aromatic heterocycles. The minimum absolute atomic E-state index is 0.0386. The van der Waals surface area contributed by atoms with Crippen molar-refractivity contribution in [1.82, 2.24) is 0 Å². The number of hydrogen-bond acceptors (Lipinski definition) is 5. The fourth-order valence-electron chi connectivity index (χ4n) is 0.757. The Labute approximate surface area is 95.0 Å². The molecule has 0 heterocycles. The van der Waals surface area contributed by atoms with Gasteiger partial charge in [0.25, 0.3) is 0 Å². The molecule has 0 fully saturated rings. The maximum atomic E-state index is 11.1. The van der Waals surface area contributed by atoms with Crippen molar-refractivity contribution in [2.75, 3.05) is 13.2 Å². The maximum absolute atomic E-state index is 11.1. The minimum atomic E-state index is -0.626. The van der Waals surface area contributed by atoms with Gasteiger partial charge in [-0.2, -0.15) is 0 Å². The first-order chi connectivity index (χ1) is 7.35. The predicted octanol–water partition coefficient (Wildman–Crippen LogP) is 0.810. The summed E-state index contributed by atoms with van der Waals surface area (Å²) in [5, 5.41) is 8.44. The molecule has 0 saturated carbocycles. The number of ether oxygens (including phenoxy) is 2. The molecule has 5 nitrogen and oxygen atoms in total. The minimum Gasteiger partial charge on any atom is -0.462 e. The standard InChI is InChI=1S/C11H18O5/c1-11(2,3)16-10(14)6-5-9(13)15-8-4-7-12/h5-6,12H,4,7-8H2,1-3H3/b6-5+. The van der Waals surface area contributed by atoms with Crippen LogP contribution in [0.3, 0.4) is 0 Å².